The number of Topliss-reactive ketones (excluding diaryl/α,β-unsaturated/α-hetero) is 1. The Morgan fingerprint density at radius 1 is 0.905 bits per heavy atom. The van der Waals surface area contributed by atoms with Crippen LogP contribution in [-0.2, 0) is 6.42 Å². The molecule has 0 bridgehead atoms. The number of carbonyl (C=O) groups excluding carboxylic acids is 3. The number of H-pyrrole nitrogens is 2. The highest BCUT2D eigenvalue weighted by molar-refractivity contribution is 6.20. The number of hydrogen-bond donors (Lipinski definition) is 3. The first-order chi connectivity index (χ1) is 20.5. The molecule has 6 aromatic rings. The summed E-state index contributed by atoms with van der Waals surface area (Å²) in [4.78, 5) is 53.1. The maximum absolute atomic E-state index is 13.9. The minimum absolute atomic E-state index is 0.00377. The van der Waals surface area contributed by atoms with E-state index in [4.69, 9.17) is 16.4 Å². The fourth-order valence-electron chi connectivity index (χ4n) is 6.32. The Morgan fingerprint density at radius 3 is 2.57 bits per heavy atom. The van der Waals surface area contributed by atoms with Crippen LogP contribution in [0.2, 0.25) is 0 Å². The van der Waals surface area contributed by atoms with E-state index in [0.717, 1.165) is 43.7 Å². The number of hydroxylamine groups is 1. The van der Waals surface area contributed by atoms with Crippen molar-refractivity contribution in [2.45, 2.75) is 12.3 Å². The number of ketones is 1. The SMILES string of the molecule is O=C(Cc1ccc2[nH]c(C(=O)N3C[C@@H](CCl)c4c3cc3c5c(cccc45)C(=O)NO3)cc2c1)c1cc2ccccc2[nH]1. The van der Waals surface area contributed by atoms with Gasteiger partial charge in [0.05, 0.1) is 16.9 Å². The van der Waals surface area contributed by atoms with Gasteiger partial charge in [-0.1, -0.05) is 36.4 Å². The van der Waals surface area contributed by atoms with E-state index >= 15 is 0 Å². The molecule has 2 amide bonds. The molecular weight excluding hydrogens is 552 g/mol. The Kier molecular flexibility index (Phi) is 5.42. The molecular formula is C33H23ClN4O4. The molecule has 3 N–H and O–H groups in total. The summed E-state index contributed by atoms with van der Waals surface area (Å²) in [5.74, 6) is 0.207. The highest BCUT2D eigenvalue weighted by Crippen LogP contribution is 2.47. The summed E-state index contributed by atoms with van der Waals surface area (Å²) >= 11 is 6.41. The van der Waals surface area contributed by atoms with Gasteiger partial charge >= 0.3 is 0 Å². The highest BCUT2D eigenvalue weighted by atomic mass is 35.5. The lowest BCUT2D eigenvalue weighted by Crippen LogP contribution is -2.32. The molecule has 0 spiro atoms. The van der Waals surface area contributed by atoms with Crippen LogP contribution < -0.4 is 15.2 Å². The molecule has 0 aliphatic carbocycles. The largest absolute Gasteiger partial charge is 0.378 e. The van der Waals surface area contributed by atoms with Gasteiger partial charge in [-0.15, -0.1) is 11.6 Å². The van der Waals surface area contributed by atoms with Crippen LogP contribution in [0.5, 0.6) is 5.75 Å². The number of nitrogens with zero attached hydrogens (tertiary/aromatic N) is 1. The van der Waals surface area contributed by atoms with E-state index in [-0.39, 0.29) is 29.9 Å². The number of aromatic amines is 2. The van der Waals surface area contributed by atoms with Crippen molar-refractivity contribution in [3.63, 3.8) is 0 Å². The number of carbonyl (C=O) groups is 3. The van der Waals surface area contributed by atoms with E-state index in [1.807, 2.05) is 66.7 Å². The first kappa shape index (κ1) is 24.7. The van der Waals surface area contributed by atoms with Crippen molar-refractivity contribution in [1.29, 1.82) is 0 Å². The zero-order valence-corrected chi connectivity index (χ0v) is 22.9. The first-order valence-electron chi connectivity index (χ1n) is 13.7. The molecule has 4 aromatic carbocycles. The summed E-state index contributed by atoms with van der Waals surface area (Å²) in [6, 6.07) is 24.6. The monoisotopic (exact) mass is 574 g/mol. The molecule has 8 nitrogen and oxygen atoms in total. The van der Waals surface area contributed by atoms with Crippen molar-refractivity contribution in [2.24, 2.45) is 0 Å². The molecule has 8 rings (SSSR count). The van der Waals surface area contributed by atoms with Crippen LogP contribution >= 0.6 is 11.6 Å². The normalized spacial score (nSPS) is 15.7. The molecule has 42 heavy (non-hydrogen) atoms. The Balaban J connectivity index is 1.12. The molecule has 2 aliphatic heterocycles. The molecule has 0 saturated heterocycles. The predicted molar refractivity (Wildman–Crippen MR) is 162 cm³/mol. The standard InChI is InChI=1S/C33H23ClN4O4/c34-15-20-16-38(27-14-29-31-21(30(20)27)5-3-6-22(31)32(40)37-42-29)33(41)26-13-19-10-17(8-9-24(19)36-26)11-28(39)25-12-18-4-1-2-7-23(18)35-25/h1-10,12-14,20,35-36H,11,15-16H2,(H,37,40)/t20-/m1/s1. The third-order valence-electron chi connectivity index (χ3n) is 8.29. The third-order valence-corrected chi connectivity index (χ3v) is 8.66. The summed E-state index contributed by atoms with van der Waals surface area (Å²) in [6.07, 6.45) is 0.239. The minimum Gasteiger partial charge on any atom is -0.378 e. The number of nitrogens with one attached hydrogen (secondary N) is 3. The van der Waals surface area contributed by atoms with Gasteiger partial charge in [-0.05, 0) is 52.9 Å². The minimum atomic E-state index is -0.304. The smallest absolute Gasteiger partial charge is 0.284 e. The van der Waals surface area contributed by atoms with Gasteiger partial charge in [0.1, 0.15) is 5.69 Å². The van der Waals surface area contributed by atoms with Gasteiger partial charge in [0.2, 0.25) is 0 Å². The maximum Gasteiger partial charge on any atom is 0.284 e. The van der Waals surface area contributed by atoms with Crippen molar-refractivity contribution in [3.05, 3.63) is 107 Å². The molecule has 0 radical (unpaired) electrons. The van der Waals surface area contributed by atoms with Crippen LogP contribution in [-0.4, -0.2) is 40.0 Å². The molecule has 1 atom stereocenters. The van der Waals surface area contributed by atoms with E-state index in [1.165, 1.54) is 0 Å². The van der Waals surface area contributed by atoms with Gasteiger partial charge in [-0.2, -0.15) is 5.48 Å². The van der Waals surface area contributed by atoms with Gasteiger partial charge in [0.15, 0.2) is 11.5 Å². The zero-order chi connectivity index (χ0) is 28.5. The van der Waals surface area contributed by atoms with Crippen molar-refractivity contribution in [2.75, 3.05) is 17.3 Å². The van der Waals surface area contributed by atoms with Crippen LogP contribution in [0.25, 0.3) is 32.6 Å². The molecule has 2 aliphatic rings. The van der Waals surface area contributed by atoms with Crippen LogP contribution in [0.4, 0.5) is 5.69 Å². The lowest BCUT2D eigenvalue weighted by molar-refractivity contribution is 0.0748. The summed E-state index contributed by atoms with van der Waals surface area (Å²) in [5, 5.41) is 3.43. The molecule has 2 aromatic heterocycles. The van der Waals surface area contributed by atoms with Gasteiger partial charge in [-0.3, -0.25) is 14.4 Å². The lowest BCUT2D eigenvalue weighted by Gasteiger charge is -2.22. The van der Waals surface area contributed by atoms with E-state index in [1.54, 1.807) is 17.0 Å². The molecule has 206 valence electrons. The Hall–Kier alpha value is -5.08. The number of benzene rings is 4. The number of halogens is 1. The number of anilines is 1. The van der Waals surface area contributed by atoms with Crippen LogP contribution in [0.1, 0.15) is 48.4 Å². The van der Waals surface area contributed by atoms with Crippen molar-refractivity contribution in [3.8, 4) is 5.75 Å². The molecule has 4 heterocycles. The van der Waals surface area contributed by atoms with Gasteiger partial charge in [0.25, 0.3) is 11.8 Å². The molecule has 0 unspecified atom stereocenters. The number of alkyl halides is 1. The van der Waals surface area contributed by atoms with E-state index in [2.05, 4.69) is 15.4 Å². The summed E-state index contributed by atoms with van der Waals surface area (Å²) in [7, 11) is 0. The average Bonchev–Trinajstić information content (AvgIpc) is 3.73. The van der Waals surface area contributed by atoms with Crippen LogP contribution in [0.3, 0.4) is 0 Å². The Labute approximate surface area is 244 Å². The molecule has 9 heteroatoms. The van der Waals surface area contributed by atoms with E-state index < -0.39 is 0 Å². The number of amides is 2. The third kappa shape index (κ3) is 3.72. The summed E-state index contributed by atoms with van der Waals surface area (Å²) in [6.45, 7) is 0.404. The lowest BCUT2D eigenvalue weighted by atomic mass is 9.92. The predicted octanol–water partition coefficient (Wildman–Crippen LogP) is 6.25. The number of fused-ring (bicyclic) bond motifs is 4. The fraction of sp³-hybridized carbons (Fsp3) is 0.121. The second kappa shape index (κ2) is 9.22. The highest BCUT2D eigenvalue weighted by Gasteiger charge is 2.37. The maximum atomic E-state index is 13.9. The zero-order valence-electron chi connectivity index (χ0n) is 22.2. The van der Waals surface area contributed by atoms with Gasteiger partial charge < -0.3 is 19.7 Å². The fourth-order valence-corrected chi connectivity index (χ4v) is 6.57. The Bertz CT molecular complexity index is 2090. The number of para-hydroxylation sites is 1. The van der Waals surface area contributed by atoms with Gasteiger partial charge in [0, 0.05) is 58.0 Å². The summed E-state index contributed by atoms with van der Waals surface area (Å²) in [5.41, 5.74) is 8.22. The summed E-state index contributed by atoms with van der Waals surface area (Å²) < 4.78 is 0. The first-order valence-corrected chi connectivity index (χ1v) is 14.2. The van der Waals surface area contributed by atoms with Crippen molar-refractivity contribution in [1.82, 2.24) is 15.4 Å². The van der Waals surface area contributed by atoms with E-state index in [0.29, 0.717) is 40.8 Å². The van der Waals surface area contributed by atoms with Crippen molar-refractivity contribution < 1.29 is 19.2 Å². The number of hydrogen-bond acceptors (Lipinski definition) is 4. The number of rotatable bonds is 5. The Morgan fingerprint density at radius 2 is 1.71 bits per heavy atom. The second-order valence-electron chi connectivity index (χ2n) is 10.8. The van der Waals surface area contributed by atoms with Crippen LogP contribution in [0, 0.1) is 0 Å². The quantitative estimate of drug-likeness (QED) is 0.167. The number of aromatic nitrogens is 2. The molecule has 0 saturated carbocycles. The molecule has 0 fully saturated rings. The van der Waals surface area contributed by atoms with E-state index in [9.17, 15) is 14.4 Å². The van der Waals surface area contributed by atoms with Crippen LogP contribution in [0.15, 0.2) is 78.9 Å². The van der Waals surface area contributed by atoms with Crippen molar-refractivity contribution >= 4 is 67.5 Å². The second-order valence-corrected chi connectivity index (χ2v) is 11.1. The average molecular weight is 575 g/mol. The van der Waals surface area contributed by atoms with Gasteiger partial charge in [-0.25, -0.2) is 0 Å². The topological polar surface area (TPSA) is 107 Å².